The molecule has 0 unspecified atom stereocenters. The molecule has 1 aromatic carbocycles. The first-order valence-corrected chi connectivity index (χ1v) is 6.17. The van der Waals surface area contributed by atoms with Crippen LogP contribution in [0.4, 0.5) is 0 Å². The summed E-state index contributed by atoms with van der Waals surface area (Å²) in [6.45, 7) is 1.96. The normalized spacial score (nSPS) is 15.4. The van der Waals surface area contributed by atoms with Crippen LogP contribution in [0.3, 0.4) is 0 Å². The molecule has 0 aliphatic carbocycles. The Bertz CT molecular complexity index is 724. The molecule has 5 nitrogen and oxygen atoms in total. The summed E-state index contributed by atoms with van der Waals surface area (Å²) in [5.41, 5.74) is 0.0521. The lowest BCUT2D eigenvalue weighted by Gasteiger charge is -1.99. The fraction of sp³-hybridized carbons (Fsp3) is 0.133. The Morgan fingerprint density at radius 3 is 2.75 bits per heavy atom. The molecule has 2 aromatic rings. The number of rotatable bonds is 2. The van der Waals surface area contributed by atoms with Crippen LogP contribution in [0.2, 0.25) is 0 Å². The van der Waals surface area contributed by atoms with Crippen LogP contribution in [-0.4, -0.2) is 16.0 Å². The highest BCUT2D eigenvalue weighted by atomic mass is 16.5. The number of hydrogen-bond donors (Lipinski definition) is 2. The van der Waals surface area contributed by atoms with E-state index in [2.05, 4.69) is 0 Å². The standard InChI is InChI=1S/C15H12O5/c1-2-9-3-4-10(19-9)7-13-15(18)14-11(17)5-8(16)6-12(14)20-13/h3-7,16-17H,2H2,1H3. The second-order valence-electron chi connectivity index (χ2n) is 4.44. The maximum atomic E-state index is 12.1. The highest BCUT2D eigenvalue weighted by molar-refractivity contribution is 6.16. The van der Waals surface area contributed by atoms with E-state index < -0.39 is 5.78 Å². The van der Waals surface area contributed by atoms with Crippen molar-refractivity contribution >= 4 is 11.9 Å². The Balaban J connectivity index is 1.99. The van der Waals surface area contributed by atoms with E-state index in [9.17, 15) is 15.0 Å². The van der Waals surface area contributed by atoms with Crippen LogP contribution in [-0.2, 0) is 6.42 Å². The fourth-order valence-electron chi connectivity index (χ4n) is 2.07. The number of benzene rings is 1. The molecular formula is C15H12O5. The van der Waals surface area contributed by atoms with Crippen molar-refractivity contribution in [2.45, 2.75) is 13.3 Å². The molecule has 3 rings (SSSR count). The number of aromatic hydroxyl groups is 2. The van der Waals surface area contributed by atoms with Gasteiger partial charge in [0, 0.05) is 24.6 Å². The lowest BCUT2D eigenvalue weighted by Crippen LogP contribution is -1.98. The lowest BCUT2D eigenvalue weighted by molar-refractivity contribution is 0.101. The second kappa shape index (κ2) is 4.45. The van der Waals surface area contributed by atoms with Gasteiger partial charge < -0.3 is 19.4 Å². The van der Waals surface area contributed by atoms with Crippen LogP contribution in [0.15, 0.2) is 34.4 Å². The largest absolute Gasteiger partial charge is 0.508 e. The summed E-state index contributed by atoms with van der Waals surface area (Å²) in [5, 5.41) is 19.1. The van der Waals surface area contributed by atoms with Crippen molar-refractivity contribution in [1.29, 1.82) is 0 Å². The van der Waals surface area contributed by atoms with Crippen molar-refractivity contribution in [2.75, 3.05) is 0 Å². The quantitative estimate of drug-likeness (QED) is 0.822. The van der Waals surface area contributed by atoms with E-state index in [1.807, 2.05) is 13.0 Å². The second-order valence-corrected chi connectivity index (χ2v) is 4.44. The van der Waals surface area contributed by atoms with Crippen LogP contribution >= 0.6 is 0 Å². The monoisotopic (exact) mass is 272 g/mol. The molecule has 0 fully saturated rings. The van der Waals surface area contributed by atoms with Gasteiger partial charge in [-0.05, 0) is 12.1 Å². The molecule has 0 saturated carbocycles. The number of hydrogen-bond acceptors (Lipinski definition) is 5. The molecule has 0 atom stereocenters. The third-order valence-electron chi connectivity index (χ3n) is 3.04. The van der Waals surface area contributed by atoms with Gasteiger partial charge in [0.1, 0.15) is 34.3 Å². The maximum absolute atomic E-state index is 12.1. The van der Waals surface area contributed by atoms with Gasteiger partial charge in [0.25, 0.3) is 0 Å². The van der Waals surface area contributed by atoms with Crippen molar-refractivity contribution in [1.82, 2.24) is 0 Å². The molecule has 0 bridgehead atoms. The third-order valence-corrected chi connectivity index (χ3v) is 3.04. The fourth-order valence-corrected chi connectivity index (χ4v) is 2.07. The van der Waals surface area contributed by atoms with Gasteiger partial charge in [0.05, 0.1) is 0 Å². The Labute approximate surface area is 114 Å². The average molecular weight is 272 g/mol. The molecule has 1 aliphatic rings. The Morgan fingerprint density at radius 1 is 1.25 bits per heavy atom. The summed E-state index contributed by atoms with van der Waals surface area (Å²) in [6.07, 6.45) is 2.23. The minimum absolute atomic E-state index is 0.0521. The maximum Gasteiger partial charge on any atom is 0.235 e. The molecule has 5 heteroatoms. The van der Waals surface area contributed by atoms with Gasteiger partial charge in [0.2, 0.25) is 5.78 Å². The molecule has 0 spiro atoms. The summed E-state index contributed by atoms with van der Waals surface area (Å²) >= 11 is 0. The van der Waals surface area contributed by atoms with Crippen molar-refractivity contribution in [3.63, 3.8) is 0 Å². The van der Waals surface area contributed by atoms with E-state index >= 15 is 0 Å². The van der Waals surface area contributed by atoms with Gasteiger partial charge in [-0.1, -0.05) is 6.92 Å². The lowest BCUT2D eigenvalue weighted by atomic mass is 10.1. The molecule has 0 radical (unpaired) electrons. The Kier molecular flexibility index (Phi) is 2.75. The van der Waals surface area contributed by atoms with Gasteiger partial charge >= 0.3 is 0 Å². The number of aryl methyl sites for hydroxylation is 1. The summed E-state index contributed by atoms with van der Waals surface area (Å²) in [7, 11) is 0. The number of ether oxygens (including phenoxy) is 1. The van der Waals surface area contributed by atoms with Crippen molar-refractivity contribution in [2.24, 2.45) is 0 Å². The van der Waals surface area contributed by atoms with E-state index in [-0.39, 0.29) is 28.6 Å². The summed E-state index contributed by atoms with van der Waals surface area (Å²) in [5.74, 6) is 0.594. The van der Waals surface area contributed by atoms with E-state index in [4.69, 9.17) is 9.15 Å². The summed E-state index contributed by atoms with van der Waals surface area (Å²) in [4.78, 5) is 12.1. The third kappa shape index (κ3) is 1.93. The van der Waals surface area contributed by atoms with Crippen molar-refractivity contribution in [3.8, 4) is 17.2 Å². The molecule has 1 aromatic heterocycles. The van der Waals surface area contributed by atoms with Crippen LogP contribution in [0.5, 0.6) is 17.2 Å². The predicted molar refractivity (Wildman–Crippen MR) is 70.8 cm³/mol. The zero-order chi connectivity index (χ0) is 14.3. The average Bonchev–Trinajstić information content (AvgIpc) is 2.95. The number of fused-ring (bicyclic) bond motifs is 1. The summed E-state index contributed by atoms with van der Waals surface area (Å²) in [6, 6.07) is 5.95. The molecule has 0 amide bonds. The van der Waals surface area contributed by atoms with Crippen molar-refractivity contribution in [3.05, 3.63) is 47.1 Å². The number of furan rings is 1. The highest BCUT2D eigenvalue weighted by Gasteiger charge is 2.31. The molecule has 2 heterocycles. The molecule has 20 heavy (non-hydrogen) atoms. The van der Waals surface area contributed by atoms with E-state index in [1.165, 1.54) is 12.1 Å². The van der Waals surface area contributed by atoms with E-state index in [0.717, 1.165) is 18.2 Å². The molecule has 0 saturated heterocycles. The van der Waals surface area contributed by atoms with E-state index in [1.54, 1.807) is 6.07 Å². The number of ketones is 1. The van der Waals surface area contributed by atoms with Gasteiger partial charge in [-0.3, -0.25) is 4.79 Å². The van der Waals surface area contributed by atoms with E-state index in [0.29, 0.717) is 5.76 Å². The van der Waals surface area contributed by atoms with Gasteiger partial charge in [-0.25, -0.2) is 0 Å². The number of phenols is 2. The highest BCUT2D eigenvalue weighted by Crippen LogP contribution is 2.40. The Morgan fingerprint density at radius 2 is 2.05 bits per heavy atom. The van der Waals surface area contributed by atoms with Gasteiger partial charge in [0.15, 0.2) is 5.76 Å². The topological polar surface area (TPSA) is 79.9 Å². The number of phenolic OH excluding ortho intramolecular Hbond substituents is 2. The van der Waals surface area contributed by atoms with Gasteiger partial charge in [-0.15, -0.1) is 0 Å². The first-order valence-electron chi connectivity index (χ1n) is 6.17. The molecule has 2 N–H and O–H groups in total. The molecule has 102 valence electrons. The Hall–Kier alpha value is -2.69. The number of allylic oxidation sites excluding steroid dienone is 1. The van der Waals surface area contributed by atoms with Crippen LogP contribution in [0, 0.1) is 0 Å². The van der Waals surface area contributed by atoms with Crippen LogP contribution < -0.4 is 4.74 Å². The minimum Gasteiger partial charge on any atom is -0.508 e. The first kappa shape index (κ1) is 12.3. The van der Waals surface area contributed by atoms with Crippen LogP contribution in [0.1, 0.15) is 28.8 Å². The summed E-state index contributed by atoms with van der Waals surface area (Å²) < 4.78 is 10.8. The van der Waals surface area contributed by atoms with Crippen molar-refractivity contribution < 1.29 is 24.2 Å². The van der Waals surface area contributed by atoms with Crippen LogP contribution in [0.25, 0.3) is 6.08 Å². The number of carbonyl (C=O) groups excluding carboxylic acids is 1. The number of carbonyl (C=O) groups is 1. The minimum atomic E-state index is -0.438. The smallest absolute Gasteiger partial charge is 0.235 e. The molecule has 1 aliphatic heterocycles. The zero-order valence-electron chi connectivity index (χ0n) is 10.7. The van der Waals surface area contributed by atoms with Gasteiger partial charge in [-0.2, -0.15) is 0 Å². The SMILES string of the molecule is CCc1ccc(C=C2Oc3cc(O)cc(O)c3C2=O)o1. The molecular weight excluding hydrogens is 260 g/mol. The predicted octanol–water partition coefficient (Wildman–Crippen LogP) is 2.87. The number of Topliss-reactive ketones (excluding diaryl/α,β-unsaturated/α-hetero) is 1. The zero-order valence-corrected chi connectivity index (χ0v) is 10.7. The first-order chi connectivity index (χ1) is 9.58.